The highest BCUT2D eigenvalue weighted by Crippen LogP contribution is 2.19. The van der Waals surface area contributed by atoms with E-state index in [1.807, 2.05) is 12.1 Å². The second-order valence-corrected chi connectivity index (χ2v) is 4.53. The molecule has 6 heteroatoms. The quantitative estimate of drug-likeness (QED) is 0.752. The zero-order valence-electron chi connectivity index (χ0n) is 11.7. The zero-order chi connectivity index (χ0) is 15.2. The lowest BCUT2D eigenvalue weighted by molar-refractivity contribution is 0.460. The number of anilines is 1. The molecule has 0 fully saturated rings. The van der Waals surface area contributed by atoms with Crippen LogP contribution in [0, 0.1) is 5.82 Å². The number of aromatic nitrogens is 2. The van der Waals surface area contributed by atoms with Crippen molar-refractivity contribution in [2.24, 2.45) is 0 Å². The number of furan rings is 1. The summed E-state index contributed by atoms with van der Waals surface area (Å²) in [5.41, 5.74) is 0. The van der Waals surface area contributed by atoms with Crippen LogP contribution in [0.4, 0.5) is 10.3 Å². The largest absolute Gasteiger partial charge is 0.469 e. The van der Waals surface area contributed by atoms with Gasteiger partial charge in [-0.05, 0) is 36.4 Å². The first kappa shape index (κ1) is 14.1. The van der Waals surface area contributed by atoms with Crippen LogP contribution in [0.15, 0.2) is 59.3 Å². The van der Waals surface area contributed by atoms with Gasteiger partial charge in [0.25, 0.3) is 0 Å². The van der Waals surface area contributed by atoms with Crippen molar-refractivity contribution in [3.8, 4) is 11.6 Å². The number of nitrogens with one attached hydrogen (secondary N) is 1. The Morgan fingerprint density at radius 2 is 2.00 bits per heavy atom. The van der Waals surface area contributed by atoms with Gasteiger partial charge in [0.2, 0.25) is 11.8 Å². The van der Waals surface area contributed by atoms with Gasteiger partial charge in [-0.1, -0.05) is 0 Å². The summed E-state index contributed by atoms with van der Waals surface area (Å²) in [4.78, 5) is 8.36. The van der Waals surface area contributed by atoms with Crippen molar-refractivity contribution in [3.63, 3.8) is 0 Å². The molecule has 22 heavy (non-hydrogen) atoms. The first-order chi connectivity index (χ1) is 10.8. The Kier molecular flexibility index (Phi) is 4.29. The van der Waals surface area contributed by atoms with Crippen LogP contribution in [0.3, 0.4) is 0 Å². The van der Waals surface area contributed by atoms with E-state index in [0.29, 0.717) is 24.1 Å². The van der Waals surface area contributed by atoms with Crippen molar-refractivity contribution < 1.29 is 13.5 Å². The third kappa shape index (κ3) is 3.82. The molecule has 5 nitrogen and oxygen atoms in total. The van der Waals surface area contributed by atoms with E-state index in [9.17, 15) is 4.39 Å². The number of nitrogens with zero attached hydrogens (tertiary/aromatic N) is 2. The molecule has 0 unspecified atom stereocenters. The molecule has 3 rings (SSSR count). The Morgan fingerprint density at radius 1 is 1.14 bits per heavy atom. The fourth-order valence-corrected chi connectivity index (χ4v) is 1.86. The van der Waals surface area contributed by atoms with Gasteiger partial charge < -0.3 is 14.5 Å². The zero-order valence-corrected chi connectivity index (χ0v) is 11.7. The molecule has 3 aromatic rings. The molecule has 2 aromatic heterocycles. The van der Waals surface area contributed by atoms with Gasteiger partial charge in [0, 0.05) is 25.2 Å². The Balaban J connectivity index is 1.58. The van der Waals surface area contributed by atoms with Crippen molar-refractivity contribution in [2.75, 3.05) is 11.9 Å². The van der Waals surface area contributed by atoms with Gasteiger partial charge in [0.1, 0.15) is 17.3 Å². The highest BCUT2D eigenvalue weighted by molar-refractivity contribution is 5.31. The first-order valence-corrected chi connectivity index (χ1v) is 6.82. The summed E-state index contributed by atoms with van der Waals surface area (Å²) >= 11 is 0. The molecule has 0 saturated carbocycles. The summed E-state index contributed by atoms with van der Waals surface area (Å²) in [6.07, 6.45) is 3.98. The smallest absolute Gasteiger partial charge is 0.225 e. The third-order valence-electron chi connectivity index (χ3n) is 2.90. The van der Waals surface area contributed by atoms with E-state index in [-0.39, 0.29) is 5.82 Å². The number of ether oxygens (including phenoxy) is 1. The predicted octanol–water partition coefficient (Wildman–Crippen LogP) is 3.66. The molecule has 0 aliphatic heterocycles. The van der Waals surface area contributed by atoms with Crippen LogP contribution >= 0.6 is 0 Å². The molecule has 0 bridgehead atoms. The Hall–Kier alpha value is -2.89. The number of halogens is 1. The van der Waals surface area contributed by atoms with E-state index < -0.39 is 0 Å². The van der Waals surface area contributed by atoms with Crippen molar-refractivity contribution >= 4 is 5.95 Å². The standard InChI is InChI=1S/C16H14FN3O2/c17-12-3-5-14(6-4-12)22-15-8-10-19-16(20-15)18-9-7-13-2-1-11-21-13/h1-6,8,10-11H,7,9H2,(H,18,19,20). The molecule has 112 valence electrons. The van der Waals surface area contributed by atoms with Gasteiger partial charge in [-0.15, -0.1) is 0 Å². The number of benzene rings is 1. The molecule has 0 atom stereocenters. The summed E-state index contributed by atoms with van der Waals surface area (Å²) in [7, 11) is 0. The Labute approximate surface area is 126 Å². The van der Waals surface area contributed by atoms with Crippen molar-refractivity contribution in [2.45, 2.75) is 6.42 Å². The van der Waals surface area contributed by atoms with E-state index in [0.717, 1.165) is 12.2 Å². The minimum atomic E-state index is -0.310. The van der Waals surface area contributed by atoms with Crippen LogP contribution in [0.2, 0.25) is 0 Å². The maximum atomic E-state index is 12.8. The lowest BCUT2D eigenvalue weighted by atomic mass is 10.3. The Morgan fingerprint density at radius 3 is 2.77 bits per heavy atom. The normalized spacial score (nSPS) is 10.4. The summed E-state index contributed by atoms with van der Waals surface area (Å²) in [6, 6.07) is 11.2. The second-order valence-electron chi connectivity index (χ2n) is 4.53. The lowest BCUT2D eigenvalue weighted by Crippen LogP contribution is -2.07. The number of rotatable bonds is 6. The van der Waals surface area contributed by atoms with E-state index in [1.165, 1.54) is 12.1 Å². The monoisotopic (exact) mass is 299 g/mol. The lowest BCUT2D eigenvalue weighted by Gasteiger charge is -2.07. The molecular weight excluding hydrogens is 285 g/mol. The van der Waals surface area contributed by atoms with Gasteiger partial charge in [0.15, 0.2) is 0 Å². The first-order valence-electron chi connectivity index (χ1n) is 6.82. The van der Waals surface area contributed by atoms with Gasteiger partial charge in [-0.25, -0.2) is 9.37 Å². The van der Waals surface area contributed by atoms with Gasteiger partial charge in [-0.3, -0.25) is 0 Å². The number of hydrogen-bond acceptors (Lipinski definition) is 5. The van der Waals surface area contributed by atoms with Crippen molar-refractivity contribution in [1.29, 1.82) is 0 Å². The van der Waals surface area contributed by atoms with E-state index in [2.05, 4.69) is 15.3 Å². The van der Waals surface area contributed by atoms with E-state index >= 15 is 0 Å². The number of hydrogen-bond donors (Lipinski definition) is 1. The van der Waals surface area contributed by atoms with Crippen LogP contribution in [-0.4, -0.2) is 16.5 Å². The van der Waals surface area contributed by atoms with E-state index in [1.54, 1.807) is 30.7 Å². The molecule has 0 aliphatic rings. The summed E-state index contributed by atoms with van der Waals surface area (Å²) < 4.78 is 23.6. The average molecular weight is 299 g/mol. The topological polar surface area (TPSA) is 60.2 Å². The molecule has 0 saturated heterocycles. The molecular formula is C16H14FN3O2. The third-order valence-corrected chi connectivity index (χ3v) is 2.90. The molecule has 1 N–H and O–H groups in total. The molecule has 0 aliphatic carbocycles. The van der Waals surface area contributed by atoms with Crippen LogP contribution < -0.4 is 10.1 Å². The molecule has 0 amide bonds. The Bertz CT molecular complexity index is 715. The van der Waals surface area contributed by atoms with Crippen molar-refractivity contribution in [1.82, 2.24) is 9.97 Å². The van der Waals surface area contributed by atoms with Crippen molar-refractivity contribution in [3.05, 3.63) is 66.5 Å². The van der Waals surface area contributed by atoms with Gasteiger partial charge in [-0.2, -0.15) is 4.98 Å². The summed E-state index contributed by atoms with van der Waals surface area (Å²) in [6.45, 7) is 0.646. The highest BCUT2D eigenvalue weighted by Gasteiger charge is 2.03. The van der Waals surface area contributed by atoms with Gasteiger partial charge in [0.05, 0.1) is 6.26 Å². The maximum Gasteiger partial charge on any atom is 0.225 e. The molecule has 0 spiro atoms. The fourth-order valence-electron chi connectivity index (χ4n) is 1.86. The predicted molar refractivity (Wildman–Crippen MR) is 79.4 cm³/mol. The van der Waals surface area contributed by atoms with Crippen LogP contribution in [0.5, 0.6) is 11.6 Å². The SMILES string of the molecule is Fc1ccc(Oc2ccnc(NCCc3ccco3)n2)cc1. The summed E-state index contributed by atoms with van der Waals surface area (Å²) in [5.74, 6) is 1.96. The van der Waals surface area contributed by atoms with Crippen LogP contribution in [-0.2, 0) is 6.42 Å². The van der Waals surface area contributed by atoms with Crippen LogP contribution in [0.1, 0.15) is 5.76 Å². The van der Waals surface area contributed by atoms with E-state index in [4.69, 9.17) is 9.15 Å². The van der Waals surface area contributed by atoms with Gasteiger partial charge >= 0.3 is 0 Å². The molecule has 2 heterocycles. The molecule has 1 aromatic carbocycles. The fraction of sp³-hybridized carbons (Fsp3) is 0.125. The summed E-state index contributed by atoms with van der Waals surface area (Å²) in [5, 5.41) is 3.10. The molecule has 0 radical (unpaired) electrons. The minimum Gasteiger partial charge on any atom is -0.469 e. The minimum absolute atomic E-state index is 0.310. The highest BCUT2D eigenvalue weighted by atomic mass is 19.1. The second kappa shape index (κ2) is 6.71. The maximum absolute atomic E-state index is 12.8. The van der Waals surface area contributed by atoms with Crippen LogP contribution in [0.25, 0.3) is 0 Å². The average Bonchev–Trinajstić information content (AvgIpc) is 3.03.